The third kappa shape index (κ3) is 2.34. The lowest BCUT2D eigenvalue weighted by atomic mass is 10.5. The molecule has 1 atom stereocenters. The molecular formula is C6H8N2O2S. The Labute approximate surface area is 68.4 Å². The van der Waals surface area contributed by atoms with E-state index in [2.05, 4.69) is 10.3 Å². The number of nitrogens with one attached hydrogen (secondary N) is 1. The molecule has 1 aliphatic heterocycles. The van der Waals surface area contributed by atoms with Gasteiger partial charge in [0.2, 0.25) is 5.91 Å². The number of carbonyl (C=O) groups is 2. The Kier molecular flexibility index (Phi) is 2.64. The maximum atomic E-state index is 10.5. The van der Waals surface area contributed by atoms with Crippen LogP contribution < -0.4 is 5.32 Å². The molecule has 1 rings (SSSR count). The zero-order valence-corrected chi connectivity index (χ0v) is 6.85. The van der Waals surface area contributed by atoms with Gasteiger partial charge in [0.15, 0.2) is 5.17 Å². The number of aldehydes is 1. The fourth-order valence-electron chi connectivity index (χ4n) is 0.681. The highest BCUT2D eigenvalue weighted by Gasteiger charge is 2.18. The minimum absolute atomic E-state index is 0.114. The van der Waals surface area contributed by atoms with Crippen molar-refractivity contribution in [2.24, 2.45) is 4.99 Å². The number of nitrogens with zero attached hydrogens (tertiary/aromatic N) is 1. The predicted octanol–water partition coefficient (Wildman–Crippen LogP) is -0.207. The van der Waals surface area contributed by atoms with E-state index in [0.717, 1.165) is 6.29 Å². The zero-order chi connectivity index (χ0) is 8.27. The first-order chi connectivity index (χ1) is 5.22. The third-order valence-electron chi connectivity index (χ3n) is 1.11. The van der Waals surface area contributed by atoms with Crippen molar-refractivity contribution in [1.29, 1.82) is 0 Å². The van der Waals surface area contributed by atoms with E-state index in [-0.39, 0.29) is 11.2 Å². The molecule has 0 saturated carbocycles. The van der Waals surface area contributed by atoms with Gasteiger partial charge < -0.3 is 10.1 Å². The SMILES string of the molecule is CC(=O)NC1=NCC(C=O)S1. The van der Waals surface area contributed by atoms with E-state index in [0.29, 0.717) is 11.7 Å². The number of hydrogen-bond acceptors (Lipinski definition) is 4. The van der Waals surface area contributed by atoms with Crippen LogP contribution in [0.3, 0.4) is 0 Å². The van der Waals surface area contributed by atoms with Crippen LogP contribution >= 0.6 is 11.8 Å². The average molecular weight is 172 g/mol. The van der Waals surface area contributed by atoms with Crippen LogP contribution in [-0.4, -0.2) is 29.2 Å². The molecule has 0 aromatic carbocycles. The van der Waals surface area contributed by atoms with Gasteiger partial charge in [0.05, 0.1) is 11.8 Å². The van der Waals surface area contributed by atoms with Crippen LogP contribution in [0.2, 0.25) is 0 Å². The van der Waals surface area contributed by atoms with Crippen molar-refractivity contribution in [1.82, 2.24) is 5.32 Å². The minimum atomic E-state index is -0.150. The van der Waals surface area contributed by atoms with E-state index < -0.39 is 0 Å². The Hall–Kier alpha value is -0.840. The fraction of sp³-hybridized carbons (Fsp3) is 0.500. The summed E-state index contributed by atoms with van der Waals surface area (Å²) in [6, 6.07) is 0. The quantitative estimate of drug-likeness (QED) is 0.557. The van der Waals surface area contributed by atoms with Gasteiger partial charge in [-0.15, -0.1) is 0 Å². The van der Waals surface area contributed by atoms with Gasteiger partial charge in [0.25, 0.3) is 0 Å². The van der Waals surface area contributed by atoms with Gasteiger partial charge in [-0.3, -0.25) is 9.79 Å². The van der Waals surface area contributed by atoms with Gasteiger partial charge in [-0.1, -0.05) is 11.8 Å². The Morgan fingerprint density at radius 1 is 1.91 bits per heavy atom. The topological polar surface area (TPSA) is 58.5 Å². The molecule has 5 heteroatoms. The predicted molar refractivity (Wildman–Crippen MR) is 43.6 cm³/mol. The number of thioether (sulfide) groups is 1. The van der Waals surface area contributed by atoms with Crippen LogP contribution in [-0.2, 0) is 9.59 Å². The van der Waals surface area contributed by atoms with E-state index in [1.54, 1.807) is 0 Å². The first-order valence-electron chi connectivity index (χ1n) is 3.16. The molecule has 0 fully saturated rings. The van der Waals surface area contributed by atoms with Gasteiger partial charge in [0.1, 0.15) is 6.29 Å². The van der Waals surface area contributed by atoms with E-state index in [1.807, 2.05) is 0 Å². The van der Waals surface area contributed by atoms with Crippen LogP contribution in [0.5, 0.6) is 0 Å². The van der Waals surface area contributed by atoms with Crippen molar-refractivity contribution in [3.8, 4) is 0 Å². The Bertz CT molecular complexity index is 215. The molecule has 0 aliphatic carbocycles. The Morgan fingerprint density at radius 2 is 2.64 bits per heavy atom. The van der Waals surface area contributed by atoms with Crippen molar-refractivity contribution in [2.75, 3.05) is 6.54 Å². The number of carbonyl (C=O) groups excluding carboxylic acids is 2. The van der Waals surface area contributed by atoms with Gasteiger partial charge in [0, 0.05) is 6.92 Å². The van der Waals surface area contributed by atoms with Crippen molar-refractivity contribution >= 4 is 29.1 Å². The summed E-state index contributed by atoms with van der Waals surface area (Å²) < 4.78 is 0. The van der Waals surface area contributed by atoms with E-state index in [1.165, 1.54) is 18.7 Å². The highest BCUT2D eigenvalue weighted by Crippen LogP contribution is 2.16. The molecule has 1 unspecified atom stereocenters. The Morgan fingerprint density at radius 3 is 3.09 bits per heavy atom. The second kappa shape index (κ2) is 3.52. The largest absolute Gasteiger partial charge is 0.306 e. The molecule has 1 aliphatic rings. The summed E-state index contributed by atoms with van der Waals surface area (Å²) in [4.78, 5) is 24.7. The Balaban J connectivity index is 2.39. The monoisotopic (exact) mass is 172 g/mol. The third-order valence-corrected chi connectivity index (χ3v) is 2.13. The van der Waals surface area contributed by atoms with E-state index in [9.17, 15) is 9.59 Å². The molecule has 1 heterocycles. The van der Waals surface area contributed by atoms with Gasteiger partial charge in [-0.25, -0.2) is 0 Å². The van der Waals surface area contributed by atoms with Crippen LogP contribution in [0.1, 0.15) is 6.92 Å². The number of hydrogen-bond donors (Lipinski definition) is 1. The summed E-state index contributed by atoms with van der Waals surface area (Å²) in [6.07, 6.45) is 0.836. The lowest BCUT2D eigenvalue weighted by molar-refractivity contribution is -0.117. The minimum Gasteiger partial charge on any atom is -0.306 e. The summed E-state index contributed by atoms with van der Waals surface area (Å²) in [5.74, 6) is -0.150. The maximum absolute atomic E-state index is 10.5. The highest BCUT2D eigenvalue weighted by molar-refractivity contribution is 8.15. The summed E-state index contributed by atoms with van der Waals surface area (Å²) >= 11 is 1.29. The molecule has 0 aromatic heterocycles. The molecule has 11 heavy (non-hydrogen) atoms. The normalized spacial score (nSPS) is 22.6. The van der Waals surface area contributed by atoms with E-state index >= 15 is 0 Å². The lowest BCUT2D eigenvalue weighted by Crippen LogP contribution is -2.24. The van der Waals surface area contributed by atoms with Crippen LogP contribution in [0.15, 0.2) is 4.99 Å². The molecule has 0 radical (unpaired) electrons. The standard InChI is InChI=1S/C6H8N2O2S/c1-4(10)8-6-7-2-5(3-9)11-6/h3,5H,2H2,1H3,(H,7,8,10). The zero-order valence-electron chi connectivity index (χ0n) is 6.03. The molecule has 1 amide bonds. The van der Waals surface area contributed by atoms with Crippen molar-refractivity contribution < 1.29 is 9.59 Å². The number of rotatable bonds is 1. The molecular weight excluding hydrogens is 164 g/mol. The first kappa shape index (κ1) is 8.26. The summed E-state index contributed by atoms with van der Waals surface area (Å²) in [5.41, 5.74) is 0. The first-order valence-corrected chi connectivity index (χ1v) is 4.04. The van der Waals surface area contributed by atoms with Crippen molar-refractivity contribution in [2.45, 2.75) is 12.2 Å². The van der Waals surface area contributed by atoms with Crippen molar-refractivity contribution in [3.05, 3.63) is 0 Å². The second-order valence-electron chi connectivity index (χ2n) is 2.12. The van der Waals surface area contributed by atoms with Crippen molar-refractivity contribution in [3.63, 3.8) is 0 Å². The molecule has 0 aromatic rings. The smallest absolute Gasteiger partial charge is 0.222 e. The maximum Gasteiger partial charge on any atom is 0.222 e. The van der Waals surface area contributed by atoms with Gasteiger partial charge in [-0.05, 0) is 0 Å². The van der Waals surface area contributed by atoms with E-state index in [4.69, 9.17) is 0 Å². The summed E-state index contributed by atoms with van der Waals surface area (Å²) in [5, 5.41) is 2.96. The average Bonchev–Trinajstić information content (AvgIpc) is 2.34. The fourth-order valence-corrected chi connectivity index (χ4v) is 1.52. The molecule has 4 nitrogen and oxygen atoms in total. The molecule has 1 N–H and O–H groups in total. The van der Waals surface area contributed by atoms with Crippen LogP contribution in [0.4, 0.5) is 0 Å². The van der Waals surface area contributed by atoms with Crippen LogP contribution in [0.25, 0.3) is 0 Å². The highest BCUT2D eigenvalue weighted by atomic mass is 32.2. The molecule has 0 saturated heterocycles. The second-order valence-corrected chi connectivity index (χ2v) is 3.35. The molecule has 0 spiro atoms. The summed E-state index contributed by atoms with van der Waals surface area (Å²) in [6.45, 7) is 1.89. The van der Waals surface area contributed by atoms with Crippen LogP contribution in [0, 0.1) is 0 Å². The number of aliphatic imine (C=N–C) groups is 1. The number of amidine groups is 1. The number of amides is 1. The summed E-state index contributed by atoms with van der Waals surface area (Å²) in [7, 11) is 0. The lowest BCUT2D eigenvalue weighted by Gasteiger charge is -1.98. The van der Waals surface area contributed by atoms with Gasteiger partial charge >= 0.3 is 0 Å². The van der Waals surface area contributed by atoms with Gasteiger partial charge in [-0.2, -0.15) is 0 Å². The molecule has 0 bridgehead atoms. The molecule has 60 valence electrons.